The molecule has 0 saturated carbocycles. The summed E-state index contributed by atoms with van der Waals surface area (Å²) in [5, 5.41) is 2.62. The number of ether oxygens (including phenoxy) is 4. The van der Waals surface area contributed by atoms with Gasteiger partial charge in [0.2, 0.25) is 11.8 Å². The third kappa shape index (κ3) is 7.31. The molecule has 3 rings (SSSR count). The van der Waals surface area contributed by atoms with E-state index in [1.807, 2.05) is 31.2 Å². The molecule has 1 atom stereocenters. The molecule has 0 aliphatic heterocycles. The molecule has 0 aliphatic carbocycles. The minimum atomic E-state index is -4.42. The van der Waals surface area contributed by atoms with Gasteiger partial charge < -0.3 is 29.2 Å². The number of anilines is 1. The van der Waals surface area contributed by atoms with E-state index in [0.29, 0.717) is 17.9 Å². The summed E-state index contributed by atoms with van der Waals surface area (Å²) < 4.78 is 51.2. The molecule has 43 heavy (non-hydrogen) atoms. The van der Waals surface area contributed by atoms with Crippen molar-refractivity contribution in [3.8, 4) is 23.0 Å². The Morgan fingerprint density at radius 1 is 0.860 bits per heavy atom. The van der Waals surface area contributed by atoms with Crippen LogP contribution in [0.5, 0.6) is 23.0 Å². The van der Waals surface area contributed by atoms with Gasteiger partial charge in [-0.05, 0) is 48.7 Å². The molecule has 1 N–H and O–H groups in total. The van der Waals surface area contributed by atoms with Gasteiger partial charge in [-0.3, -0.25) is 13.9 Å². The topological polar surface area (TPSA) is 124 Å². The molecule has 0 aromatic heterocycles. The van der Waals surface area contributed by atoms with Crippen molar-refractivity contribution in [3.63, 3.8) is 0 Å². The average Bonchev–Trinajstić information content (AvgIpc) is 3.03. The van der Waals surface area contributed by atoms with Crippen LogP contribution in [0.2, 0.25) is 0 Å². The molecular formula is C31H39N3O8S. The highest BCUT2D eigenvalue weighted by atomic mass is 32.2. The highest BCUT2D eigenvalue weighted by Gasteiger charge is 2.35. The summed E-state index contributed by atoms with van der Waals surface area (Å²) in [4.78, 5) is 28.5. The molecule has 0 unspecified atom stereocenters. The number of hydrogen-bond donors (Lipinski definition) is 1. The number of amides is 2. The lowest BCUT2D eigenvalue weighted by molar-refractivity contribution is -0.140. The number of sulfonamides is 1. The standard InChI is InChI=1S/C31H39N3O8S/c1-8-25(31(36)32-3)33(19-22-12-10-9-11-21(22)2)30(35)20-34(26-17-23(39-4)13-15-27(26)40-5)43(37,38)24-14-16-28(41-6)29(18-24)42-7/h9-18,25H,8,19-20H2,1-7H3,(H,32,36)/t25-/m0/s1. The van der Waals surface area contributed by atoms with E-state index in [1.54, 1.807) is 19.1 Å². The van der Waals surface area contributed by atoms with Gasteiger partial charge in [-0.2, -0.15) is 0 Å². The van der Waals surface area contributed by atoms with Crippen LogP contribution in [0.1, 0.15) is 24.5 Å². The lowest BCUT2D eigenvalue weighted by Crippen LogP contribution is -2.51. The van der Waals surface area contributed by atoms with Crippen molar-refractivity contribution in [2.45, 2.75) is 37.8 Å². The van der Waals surface area contributed by atoms with Crippen LogP contribution in [0.3, 0.4) is 0 Å². The monoisotopic (exact) mass is 613 g/mol. The van der Waals surface area contributed by atoms with Crippen molar-refractivity contribution < 1.29 is 37.0 Å². The van der Waals surface area contributed by atoms with E-state index in [1.165, 1.54) is 64.7 Å². The molecule has 0 aliphatic rings. The van der Waals surface area contributed by atoms with Crippen molar-refractivity contribution in [1.82, 2.24) is 10.2 Å². The van der Waals surface area contributed by atoms with Crippen LogP contribution in [0.25, 0.3) is 0 Å². The zero-order chi connectivity index (χ0) is 31.7. The number of likely N-dealkylation sites (N-methyl/N-ethyl adjacent to an activating group) is 1. The number of carbonyl (C=O) groups excluding carboxylic acids is 2. The fourth-order valence-electron chi connectivity index (χ4n) is 4.67. The molecule has 3 aromatic rings. The molecule has 0 radical (unpaired) electrons. The lowest BCUT2D eigenvalue weighted by atomic mass is 10.1. The lowest BCUT2D eigenvalue weighted by Gasteiger charge is -2.33. The van der Waals surface area contributed by atoms with Crippen molar-refractivity contribution >= 4 is 27.5 Å². The fourth-order valence-corrected chi connectivity index (χ4v) is 6.10. The minimum Gasteiger partial charge on any atom is -0.497 e. The molecule has 11 nitrogen and oxygen atoms in total. The van der Waals surface area contributed by atoms with Crippen molar-refractivity contribution in [3.05, 3.63) is 71.8 Å². The Balaban J connectivity index is 2.21. The second kappa shape index (κ2) is 14.6. The Labute approximate surface area is 253 Å². The van der Waals surface area contributed by atoms with Gasteiger partial charge >= 0.3 is 0 Å². The Morgan fingerprint density at radius 3 is 2.09 bits per heavy atom. The van der Waals surface area contributed by atoms with E-state index < -0.39 is 28.5 Å². The molecule has 2 amide bonds. The largest absolute Gasteiger partial charge is 0.497 e. The van der Waals surface area contributed by atoms with E-state index in [0.717, 1.165) is 15.4 Å². The zero-order valence-electron chi connectivity index (χ0n) is 25.5. The van der Waals surface area contributed by atoms with Gasteiger partial charge in [0.05, 0.1) is 39.0 Å². The fraction of sp³-hybridized carbons (Fsp3) is 0.355. The first-order chi connectivity index (χ1) is 20.6. The van der Waals surface area contributed by atoms with E-state index >= 15 is 0 Å². The molecule has 3 aromatic carbocycles. The second-order valence-electron chi connectivity index (χ2n) is 9.55. The molecule has 0 heterocycles. The third-order valence-corrected chi connectivity index (χ3v) is 8.87. The number of nitrogens with zero attached hydrogens (tertiary/aromatic N) is 2. The van der Waals surface area contributed by atoms with Crippen molar-refractivity contribution in [2.24, 2.45) is 0 Å². The molecule has 0 fully saturated rings. The Kier molecular flexibility index (Phi) is 11.2. The summed E-state index contributed by atoms with van der Waals surface area (Å²) in [7, 11) is 2.76. The summed E-state index contributed by atoms with van der Waals surface area (Å²) >= 11 is 0. The van der Waals surface area contributed by atoms with Gasteiger partial charge in [-0.25, -0.2) is 8.42 Å². The number of carbonyl (C=O) groups is 2. The summed E-state index contributed by atoms with van der Waals surface area (Å²) in [6, 6.07) is 15.5. The zero-order valence-corrected chi connectivity index (χ0v) is 26.4. The average molecular weight is 614 g/mol. The minimum absolute atomic E-state index is 0.0776. The molecule has 12 heteroatoms. The summed E-state index contributed by atoms with van der Waals surface area (Å²) in [6.45, 7) is 3.16. The van der Waals surface area contributed by atoms with Gasteiger partial charge in [-0.15, -0.1) is 0 Å². The van der Waals surface area contributed by atoms with E-state index in [4.69, 9.17) is 18.9 Å². The Hall–Kier alpha value is -4.45. The van der Waals surface area contributed by atoms with Crippen LogP contribution < -0.4 is 28.6 Å². The van der Waals surface area contributed by atoms with Crippen LogP contribution in [0.4, 0.5) is 5.69 Å². The second-order valence-corrected chi connectivity index (χ2v) is 11.4. The van der Waals surface area contributed by atoms with Crippen LogP contribution in [-0.2, 0) is 26.2 Å². The van der Waals surface area contributed by atoms with Crippen LogP contribution in [0, 0.1) is 6.92 Å². The van der Waals surface area contributed by atoms with Gasteiger partial charge in [0.15, 0.2) is 11.5 Å². The number of aryl methyl sites for hydroxylation is 1. The molecular weight excluding hydrogens is 574 g/mol. The van der Waals surface area contributed by atoms with Crippen LogP contribution in [-0.4, -0.2) is 73.2 Å². The van der Waals surface area contributed by atoms with Crippen LogP contribution >= 0.6 is 0 Å². The normalized spacial score (nSPS) is 11.7. The van der Waals surface area contributed by atoms with E-state index in [9.17, 15) is 18.0 Å². The number of rotatable bonds is 14. The van der Waals surface area contributed by atoms with Gasteiger partial charge in [-0.1, -0.05) is 31.2 Å². The highest BCUT2D eigenvalue weighted by molar-refractivity contribution is 7.92. The van der Waals surface area contributed by atoms with Crippen molar-refractivity contribution in [1.29, 1.82) is 0 Å². The molecule has 0 spiro atoms. The van der Waals surface area contributed by atoms with Gasteiger partial charge in [0, 0.05) is 25.7 Å². The number of nitrogens with one attached hydrogen (secondary N) is 1. The van der Waals surface area contributed by atoms with Crippen molar-refractivity contribution in [2.75, 3.05) is 46.3 Å². The maximum absolute atomic E-state index is 14.4. The summed E-state index contributed by atoms with van der Waals surface area (Å²) in [5.41, 5.74) is 1.83. The maximum Gasteiger partial charge on any atom is 0.265 e. The van der Waals surface area contributed by atoms with E-state index in [2.05, 4.69) is 5.32 Å². The number of benzene rings is 3. The first-order valence-corrected chi connectivity index (χ1v) is 15.0. The maximum atomic E-state index is 14.4. The number of hydrogen-bond acceptors (Lipinski definition) is 8. The molecule has 0 saturated heterocycles. The van der Waals surface area contributed by atoms with Gasteiger partial charge in [0.1, 0.15) is 24.1 Å². The first-order valence-electron chi connectivity index (χ1n) is 13.6. The van der Waals surface area contributed by atoms with Gasteiger partial charge in [0.25, 0.3) is 10.0 Å². The molecule has 0 bridgehead atoms. The Bertz CT molecular complexity index is 1540. The predicted octanol–water partition coefficient (Wildman–Crippen LogP) is 3.78. The van der Waals surface area contributed by atoms with E-state index in [-0.39, 0.29) is 34.5 Å². The number of methoxy groups -OCH3 is 4. The first kappa shape index (κ1) is 33.1. The summed E-state index contributed by atoms with van der Waals surface area (Å²) in [5.74, 6) is 0.124. The van der Waals surface area contributed by atoms with Crippen LogP contribution in [0.15, 0.2) is 65.6 Å². The third-order valence-electron chi connectivity index (χ3n) is 7.11. The molecule has 232 valence electrons. The SMILES string of the molecule is CC[C@@H](C(=O)NC)N(Cc1ccccc1C)C(=O)CN(c1cc(OC)ccc1OC)S(=O)(=O)c1ccc(OC)c(OC)c1. The quantitative estimate of drug-likeness (QED) is 0.292. The Morgan fingerprint density at radius 2 is 1.51 bits per heavy atom. The predicted molar refractivity (Wildman–Crippen MR) is 163 cm³/mol. The highest BCUT2D eigenvalue weighted by Crippen LogP contribution is 2.38. The smallest absolute Gasteiger partial charge is 0.265 e. The summed E-state index contributed by atoms with van der Waals surface area (Å²) in [6.07, 6.45) is 0.308.